The van der Waals surface area contributed by atoms with Gasteiger partial charge in [-0.3, -0.25) is 0 Å². The Hall–Kier alpha value is -3.61. The minimum Gasteiger partial charge on any atom is -0.497 e. The van der Waals surface area contributed by atoms with Gasteiger partial charge in [-0.2, -0.15) is 9.50 Å². The van der Waals surface area contributed by atoms with Gasteiger partial charge in [0.25, 0.3) is 5.78 Å². The van der Waals surface area contributed by atoms with Gasteiger partial charge in [-0.1, -0.05) is 0 Å². The largest absolute Gasteiger partial charge is 0.497 e. The van der Waals surface area contributed by atoms with Gasteiger partial charge in [-0.15, -0.1) is 5.10 Å². The third-order valence-corrected chi connectivity index (χ3v) is 4.26. The van der Waals surface area contributed by atoms with Crippen molar-refractivity contribution < 1.29 is 14.2 Å². The highest BCUT2D eigenvalue weighted by atomic mass is 16.7. The maximum absolute atomic E-state index is 5.47. The maximum atomic E-state index is 5.47. The van der Waals surface area contributed by atoms with Gasteiger partial charge in [0.2, 0.25) is 6.79 Å². The fourth-order valence-electron chi connectivity index (χ4n) is 2.93. The molecular formula is C19H14N4O3. The molecule has 2 aromatic heterocycles. The van der Waals surface area contributed by atoms with Gasteiger partial charge < -0.3 is 14.2 Å². The molecule has 0 saturated carbocycles. The first-order valence-electron chi connectivity index (χ1n) is 8.08. The lowest BCUT2D eigenvalue weighted by Gasteiger charge is -2.04. The van der Waals surface area contributed by atoms with Crippen LogP contribution in [-0.4, -0.2) is 33.5 Å². The average molecular weight is 346 g/mol. The van der Waals surface area contributed by atoms with Crippen LogP contribution in [0, 0.1) is 0 Å². The minimum absolute atomic E-state index is 0.246. The topological polar surface area (TPSA) is 70.8 Å². The molecule has 3 heterocycles. The number of fused-ring (bicyclic) bond motifs is 2. The van der Waals surface area contributed by atoms with Crippen molar-refractivity contribution in [3.8, 4) is 39.9 Å². The van der Waals surface area contributed by atoms with Crippen LogP contribution >= 0.6 is 0 Å². The first-order chi connectivity index (χ1) is 12.8. The van der Waals surface area contributed by atoms with Crippen molar-refractivity contribution in [3.05, 3.63) is 54.7 Å². The van der Waals surface area contributed by atoms with Gasteiger partial charge in [0, 0.05) is 17.3 Å². The van der Waals surface area contributed by atoms with Crippen LogP contribution < -0.4 is 14.2 Å². The highest BCUT2D eigenvalue weighted by molar-refractivity contribution is 5.67. The molecule has 1 aliphatic heterocycles. The second-order valence-corrected chi connectivity index (χ2v) is 5.77. The van der Waals surface area contributed by atoms with E-state index in [4.69, 9.17) is 14.2 Å². The molecule has 7 heteroatoms. The fraction of sp³-hybridized carbons (Fsp3) is 0.105. The normalized spacial score (nSPS) is 12.5. The molecule has 0 fully saturated rings. The molecule has 0 amide bonds. The van der Waals surface area contributed by atoms with Crippen molar-refractivity contribution in [1.82, 2.24) is 19.6 Å². The van der Waals surface area contributed by atoms with Crippen LogP contribution in [0.2, 0.25) is 0 Å². The van der Waals surface area contributed by atoms with Crippen molar-refractivity contribution in [2.45, 2.75) is 0 Å². The van der Waals surface area contributed by atoms with E-state index < -0.39 is 0 Å². The number of benzene rings is 2. The van der Waals surface area contributed by atoms with E-state index in [0.717, 1.165) is 34.1 Å². The minimum atomic E-state index is 0.246. The predicted molar refractivity (Wildman–Crippen MR) is 94.3 cm³/mol. The lowest BCUT2D eigenvalue weighted by Crippen LogP contribution is -1.96. The van der Waals surface area contributed by atoms with E-state index >= 15 is 0 Å². The Kier molecular flexibility index (Phi) is 3.24. The van der Waals surface area contributed by atoms with Gasteiger partial charge in [-0.25, -0.2) is 4.98 Å². The van der Waals surface area contributed by atoms with E-state index in [2.05, 4.69) is 15.1 Å². The summed E-state index contributed by atoms with van der Waals surface area (Å²) in [5.41, 5.74) is 2.72. The SMILES string of the molecule is COc1ccc(-c2nc3nccc(-c4ccc5c(c4)OCO5)n3n2)cc1. The standard InChI is InChI=1S/C19H14N4O3/c1-24-14-5-2-12(3-6-14)18-21-19-20-9-8-15(23(19)22-18)13-4-7-16-17(10-13)26-11-25-16/h2-10H,11H2,1H3. The van der Waals surface area contributed by atoms with Crippen LogP contribution in [0.3, 0.4) is 0 Å². The first kappa shape index (κ1) is 14.7. The molecule has 1 aliphatic rings. The molecular weight excluding hydrogens is 332 g/mol. The zero-order valence-electron chi connectivity index (χ0n) is 13.9. The molecule has 0 saturated heterocycles. The van der Waals surface area contributed by atoms with Crippen LogP contribution in [0.15, 0.2) is 54.7 Å². The summed E-state index contributed by atoms with van der Waals surface area (Å²) < 4.78 is 17.8. The first-order valence-corrected chi connectivity index (χ1v) is 8.08. The molecule has 0 radical (unpaired) electrons. The smallest absolute Gasteiger partial charge is 0.253 e. The molecule has 5 rings (SSSR count). The van der Waals surface area contributed by atoms with Crippen molar-refractivity contribution >= 4 is 5.78 Å². The summed E-state index contributed by atoms with van der Waals surface area (Å²) in [7, 11) is 1.64. The molecule has 26 heavy (non-hydrogen) atoms. The van der Waals surface area contributed by atoms with Crippen molar-refractivity contribution in [2.75, 3.05) is 13.9 Å². The summed E-state index contributed by atoms with van der Waals surface area (Å²) in [6.07, 6.45) is 1.72. The highest BCUT2D eigenvalue weighted by Crippen LogP contribution is 2.35. The highest BCUT2D eigenvalue weighted by Gasteiger charge is 2.16. The number of ether oxygens (including phenoxy) is 3. The summed E-state index contributed by atoms with van der Waals surface area (Å²) in [6.45, 7) is 0.246. The van der Waals surface area contributed by atoms with E-state index in [0.29, 0.717) is 11.6 Å². The van der Waals surface area contributed by atoms with Crippen molar-refractivity contribution in [3.63, 3.8) is 0 Å². The van der Waals surface area contributed by atoms with E-state index in [1.165, 1.54) is 0 Å². The van der Waals surface area contributed by atoms with E-state index in [9.17, 15) is 0 Å². The molecule has 128 valence electrons. The zero-order valence-corrected chi connectivity index (χ0v) is 13.9. The monoisotopic (exact) mass is 346 g/mol. The van der Waals surface area contributed by atoms with Gasteiger partial charge in [0.1, 0.15) is 5.75 Å². The van der Waals surface area contributed by atoms with Crippen LogP contribution in [0.1, 0.15) is 0 Å². The molecule has 0 N–H and O–H groups in total. The van der Waals surface area contributed by atoms with Crippen LogP contribution in [-0.2, 0) is 0 Å². The van der Waals surface area contributed by atoms with E-state index in [1.807, 2.05) is 48.5 Å². The molecule has 4 aromatic rings. The molecule has 7 nitrogen and oxygen atoms in total. The molecule has 2 aromatic carbocycles. The maximum Gasteiger partial charge on any atom is 0.253 e. The Morgan fingerprint density at radius 1 is 0.962 bits per heavy atom. The lowest BCUT2D eigenvalue weighted by atomic mass is 10.1. The summed E-state index contributed by atoms with van der Waals surface area (Å²) in [4.78, 5) is 8.87. The average Bonchev–Trinajstić information content (AvgIpc) is 3.33. The van der Waals surface area contributed by atoms with Gasteiger partial charge in [-0.05, 0) is 48.5 Å². The third-order valence-electron chi connectivity index (χ3n) is 4.26. The number of hydrogen-bond acceptors (Lipinski definition) is 6. The van der Waals surface area contributed by atoms with Gasteiger partial charge >= 0.3 is 0 Å². The quantitative estimate of drug-likeness (QED) is 0.567. The predicted octanol–water partition coefficient (Wildman–Crippen LogP) is 3.20. The Balaban J connectivity index is 1.62. The van der Waals surface area contributed by atoms with Crippen LogP contribution in [0.4, 0.5) is 0 Å². The Labute approximate surface area is 148 Å². The summed E-state index contributed by atoms with van der Waals surface area (Å²) in [5, 5.41) is 4.64. The van der Waals surface area contributed by atoms with Crippen LogP contribution in [0.5, 0.6) is 17.2 Å². The molecule has 0 spiro atoms. The van der Waals surface area contributed by atoms with Gasteiger partial charge in [0.05, 0.1) is 12.8 Å². The summed E-state index contributed by atoms with van der Waals surface area (Å²) in [6, 6.07) is 15.3. The zero-order chi connectivity index (χ0) is 17.5. The molecule has 0 unspecified atom stereocenters. The Morgan fingerprint density at radius 3 is 2.62 bits per heavy atom. The van der Waals surface area contributed by atoms with E-state index in [-0.39, 0.29) is 6.79 Å². The summed E-state index contributed by atoms with van der Waals surface area (Å²) in [5.74, 6) is 3.40. The number of rotatable bonds is 3. The number of methoxy groups -OCH3 is 1. The number of nitrogens with zero attached hydrogens (tertiary/aromatic N) is 4. The lowest BCUT2D eigenvalue weighted by molar-refractivity contribution is 0.174. The molecule has 0 aliphatic carbocycles. The fourth-order valence-corrected chi connectivity index (χ4v) is 2.93. The number of hydrogen-bond donors (Lipinski definition) is 0. The molecule has 0 bridgehead atoms. The van der Waals surface area contributed by atoms with Crippen LogP contribution in [0.25, 0.3) is 28.4 Å². The van der Waals surface area contributed by atoms with Crippen molar-refractivity contribution in [2.24, 2.45) is 0 Å². The second kappa shape index (κ2) is 5.73. The second-order valence-electron chi connectivity index (χ2n) is 5.77. The Morgan fingerprint density at radius 2 is 1.77 bits per heavy atom. The molecule has 0 atom stereocenters. The number of aromatic nitrogens is 4. The Bertz CT molecular complexity index is 1110. The van der Waals surface area contributed by atoms with Gasteiger partial charge in [0.15, 0.2) is 17.3 Å². The van der Waals surface area contributed by atoms with Crippen molar-refractivity contribution in [1.29, 1.82) is 0 Å². The summed E-state index contributed by atoms with van der Waals surface area (Å²) >= 11 is 0. The van der Waals surface area contributed by atoms with E-state index in [1.54, 1.807) is 17.8 Å². The third kappa shape index (κ3) is 2.33.